The van der Waals surface area contributed by atoms with Crippen molar-refractivity contribution in [1.29, 1.82) is 0 Å². The van der Waals surface area contributed by atoms with Crippen molar-refractivity contribution in [3.8, 4) is 0 Å². The molecule has 0 amide bonds. The molecule has 0 fully saturated rings. The van der Waals surface area contributed by atoms with Gasteiger partial charge in [-0.25, -0.2) is 0 Å². The first-order valence-electron chi connectivity index (χ1n) is 28.9. The van der Waals surface area contributed by atoms with Gasteiger partial charge in [0, 0.05) is 27.9 Å². The van der Waals surface area contributed by atoms with Crippen LogP contribution in [0.4, 0.5) is 17.1 Å². The lowest BCUT2D eigenvalue weighted by atomic mass is 9.71. The molecule has 75 heavy (non-hydrogen) atoms. The van der Waals surface area contributed by atoms with Gasteiger partial charge in [-0.2, -0.15) is 0 Å². The molecule has 0 aromatic heterocycles. The van der Waals surface area contributed by atoms with Crippen molar-refractivity contribution >= 4 is 53.8 Å². The molecule has 2 unspecified atom stereocenters. The van der Waals surface area contributed by atoms with Gasteiger partial charge in [0.25, 0.3) is 0 Å². The fourth-order valence-electron chi connectivity index (χ4n) is 15.7. The molecule has 0 saturated carbocycles. The van der Waals surface area contributed by atoms with Gasteiger partial charge in [-0.05, 0) is 206 Å². The lowest BCUT2D eigenvalue weighted by Gasteiger charge is -2.36. The maximum Gasteiger partial charge on any atom is 0.133 e. The fourth-order valence-corrected chi connectivity index (χ4v) is 19.5. The quantitative estimate of drug-likeness (QED) is 0.106. The summed E-state index contributed by atoms with van der Waals surface area (Å²) >= 11 is 0. The normalized spacial score (nSPS) is 20.8. The second-order valence-electron chi connectivity index (χ2n) is 24.1. The zero-order chi connectivity index (χ0) is 52.4. The van der Waals surface area contributed by atoms with Gasteiger partial charge in [0.1, 0.15) is 8.80 Å². The number of anilines is 3. The predicted molar refractivity (Wildman–Crippen MR) is 328 cm³/mol. The van der Waals surface area contributed by atoms with Crippen LogP contribution in [0, 0.1) is 11.3 Å². The van der Waals surface area contributed by atoms with Gasteiger partial charge in [-0.15, -0.1) is 0 Å². The van der Waals surface area contributed by atoms with Gasteiger partial charge in [-0.1, -0.05) is 208 Å². The summed E-state index contributed by atoms with van der Waals surface area (Å²) in [5, 5.41) is 4.93. The molecule has 1 nitrogen and oxygen atoms in total. The van der Waals surface area contributed by atoms with Gasteiger partial charge >= 0.3 is 0 Å². The zero-order valence-electron chi connectivity index (χ0n) is 47.2. The standard InChI is InChI=1S/C73H81NSi/c1-12-72(13-2)65-42-53(26-27-54-29-37-62-64-39-33-59(45-68(64)73(14-3,15-4)66(62)43-54)74(57-22-18-16-19-23-57)58-24-20-17-21-25-58)28-36-61(65)63-38-32-56(44-67(63)72)55-30-34-60(35-31-55)75(69-49(6)40-48(5)41-50(69)7)70-51(8)46-71(10,11)47-52(70)9/h16-28,30-31,33-36,39-40,42-46,48,75H,12-15,29,32,37-38,41,47H2,1-11H3. The SMILES string of the molecule is CCC1(CC)C2=C(CCC(C=Cc3ccc4c(c3)C(CC)(CC)C3=C4CCC(c4ccc([SiH](C5=C(C)CC(C)C=C5C)C5=C(C)CC(C)(C)C=C5C)cc4)=C3)=C2)c2ccc(N(c3ccccc3)c3ccccc3)cc21. The monoisotopic (exact) mass is 1000 g/mol. The number of fused-ring (bicyclic) bond motifs is 4. The highest BCUT2D eigenvalue weighted by Gasteiger charge is 2.45. The minimum absolute atomic E-state index is 0.0142. The van der Waals surface area contributed by atoms with Crippen LogP contribution in [0.1, 0.15) is 174 Å². The van der Waals surface area contributed by atoms with Crippen LogP contribution in [0.5, 0.6) is 0 Å². The summed E-state index contributed by atoms with van der Waals surface area (Å²) in [6.07, 6.45) is 26.3. The van der Waals surface area contributed by atoms with E-state index in [1.165, 1.54) is 73.6 Å². The molecule has 2 atom stereocenters. The van der Waals surface area contributed by atoms with Crippen LogP contribution in [0.15, 0.2) is 201 Å². The van der Waals surface area contributed by atoms with Crippen molar-refractivity contribution in [3.63, 3.8) is 0 Å². The number of rotatable bonds is 13. The van der Waals surface area contributed by atoms with Gasteiger partial charge < -0.3 is 4.90 Å². The van der Waals surface area contributed by atoms with Gasteiger partial charge in [-0.3, -0.25) is 0 Å². The number of nitrogens with zero attached hydrogens (tertiary/aromatic N) is 1. The third kappa shape index (κ3) is 8.78. The van der Waals surface area contributed by atoms with E-state index in [0.717, 1.165) is 57.8 Å². The van der Waals surface area contributed by atoms with Crippen molar-refractivity contribution in [1.82, 2.24) is 0 Å². The van der Waals surface area contributed by atoms with Gasteiger partial charge in [0.05, 0.1) is 0 Å². The van der Waals surface area contributed by atoms with E-state index < -0.39 is 8.80 Å². The van der Waals surface area contributed by atoms with Crippen molar-refractivity contribution < 1.29 is 0 Å². The van der Waals surface area contributed by atoms with Crippen LogP contribution in [-0.2, 0) is 10.8 Å². The fraction of sp³-hybridized carbons (Fsp3) is 0.342. The molecule has 382 valence electrons. The highest BCUT2D eigenvalue weighted by Crippen LogP contribution is 2.58. The number of hydrogen-bond donors (Lipinski definition) is 0. The van der Waals surface area contributed by atoms with Crippen LogP contribution in [0.3, 0.4) is 0 Å². The summed E-state index contributed by atoms with van der Waals surface area (Å²) in [6.45, 7) is 26.5. The molecular weight excluding hydrogens is 919 g/mol. The molecule has 0 heterocycles. The maximum absolute atomic E-state index is 2.64. The Morgan fingerprint density at radius 2 is 1.15 bits per heavy atom. The summed E-state index contributed by atoms with van der Waals surface area (Å²) in [6, 6.07) is 46.5. The van der Waals surface area contributed by atoms with Gasteiger partial charge in [0.2, 0.25) is 0 Å². The van der Waals surface area contributed by atoms with E-state index >= 15 is 0 Å². The molecule has 5 aromatic rings. The highest BCUT2D eigenvalue weighted by molar-refractivity contribution is 6.87. The number of benzene rings is 5. The Hall–Kier alpha value is -6.22. The van der Waals surface area contributed by atoms with E-state index in [1.54, 1.807) is 54.6 Å². The summed E-state index contributed by atoms with van der Waals surface area (Å²) in [5.41, 5.74) is 28.0. The van der Waals surface area contributed by atoms with Crippen LogP contribution in [0.25, 0.3) is 22.8 Å². The molecular formula is C73H81NSi. The van der Waals surface area contributed by atoms with Crippen LogP contribution in [0.2, 0.25) is 0 Å². The number of para-hydroxylation sites is 2. The molecule has 6 aliphatic carbocycles. The summed E-state index contributed by atoms with van der Waals surface area (Å²) in [5.74, 6) is 0.609. The Bertz CT molecular complexity index is 3320. The zero-order valence-corrected chi connectivity index (χ0v) is 48.3. The van der Waals surface area contributed by atoms with Crippen LogP contribution >= 0.6 is 0 Å². The number of allylic oxidation sites excluding steroid dienone is 17. The second kappa shape index (κ2) is 20.0. The summed E-state index contributed by atoms with van der Waals surface area (Å²) in [4.78, 5) is 2.42. The van der Waals surface area contributed by atoms with E-state index in [1.807, 2.05) is 0 Å². The van der Waals surface area contributed by atoms with E-state index in [4.69, 9.17) is 0 Å². The molecule has 6 aliphatic rings. The Morgan fingerprint density at radius 3 is 1.75 bits per heavy atom. The summed E-state index contributed by atoms with van der Waals surface area (Å²) in [7, 11) is -1.72. The van der Waals surface area contributed by atoms with Gasteiger partial charge in [0.15, 0.2) is 0 Å². The van der Waals surface area contributed by atoms with Crippen molar-refractivity contribution in [2.45, 2.75) is 151 Å². The molecule has 0 aliphatic heterocycles. The third-order valence-electron chi connectivity index (χ3n) is 19.0. The third-order valence-corrected chi connectivity index (χ3v) is 23.1. The molecule has 0 N–H and O–H groups in total. The van der Waals surface area contributed by atoms with Crippen LogP contribution in [-0.4, -0.2) is 8.80 Å². The molecule has 11 rings (SSSR count). The lowest BCUT2D eigenvalue weighted by Crippen LogP contribution is -2.39. The number of hydrogen-bond acceptors (Lipinski definition) is 1. The van der Waals surface area contributed by atoms with Crippen molar-refractivity contribution in [2.24, 2.45) is 11.3 Å². The molecule has 5 aromatic carbocycles. The Kier molecular flexibility index (Phi) is 13.6. The maximum atomic E-state index is 2.64. The second-order valence-corrected chi connectivity index (χ2v) is 26.8. The smallest absolute Gasteiger partial charge is 0.133 e. The van der Waals surface area contributed by atoms with E-state index in [0.29, 0.717) is 5.92 Å². The molecule has 0 radical (unpaired) electrons. The van der Waals surface area contributed by atoms with Crippen molar-refractivity contribution in [2.75, 3.05) is 4.90 Å². The minimum atomic E-state index is -1.72. The Balaban J connectivity index is 0.873. The molecule has 0 saturated heterocycles. The van der Waals surface area contributed by atoms with E-state index in [9.17, 15) is 0 Å². The Morgan fingerprint density at radius 1 is 0.573 bits per heavy atom. The first-order chi connectivity index (χ1) is 36.2. The minimum Gasteiger partial charge on any atom is -0.310 e. The topological polar surface area (TPSA) is 3.24 Å². The van der Waals surface area contributed by atoms with Crippen molar-refractivity contribution in [3.05, 3.63) is 234 Å². The van der Waals surface area contributed by atoms with E-state index in [-0.39, 0.29) is 16.2 Å². The average Bonchev–Trinajstić information content (AvgIpc) is 3.87. The Labute approximate surface area is 453 Å². The first kappa shape index (κ1) is 50.9. The van der Waals surface area contributed by atoms with Crippen LogP contribution < -0.4 is 10.1 Å². The lowest BCUT2D eigenvalue weighted by molar-refractivity contribution is 0.465. The first-order valence-corrected chi connectivity index (χ1v) is 30.6. The molecule has 0 bridgehead atoms. The predicted octanol–water partition coefficient (Wildman–Crippen LogP) is 19.6. The molecule has 2 heteroatoms. The van der Waals surface area contributed by atoms with E-state index in [2.05, 4.69) is 239 Å². The summed E-state index contributed by atoms with van der Waals surface area (Å²) < 4.78 is 0. The molecule has 0 spiro atoms. The largest absolute Gasteiger partial charge is 0.310 e. The highest BCUT2D eigenvalue weighted by atomic mass is 28.3. The average molecular weight is 1000 g/mol.